The van der Waals surface area contributed by atoms with E-state index in [1.54, 1.807) is 38.5 Å². The van der Waals surface area contributed by atoms with Crippen molar-refractivity contribution in [1.82, 2.24) is 15.2 Å². The van der Waals surface area contributed by atoms with E-state index in [-0.39, 0.29) is 5.91 Å². The number of halogens is 1. The first kappa shape index (κ1) is 24.8. The number of rotatable bonds is 8. The predicted molar refractivity (Wildman–Crippen MR) is 139 cm³/mol. The number of anilines is 1. The molecule has 1 aliphatic heterocycles. The number of nitrogens with one attached hydrogen (secondary N) is 1. The molecule has 1 amide bonds. The Bertz CT molecular complexity index is 1140. The summed E-state index contributed by atoms with van der Waals surface area (Å²) in [5.41, 5.74) is 2.78. The molecule has 1 fully saturated rings. The third kappa shape index (κ3) is 6.44. The minimum absolute atomic E-state index is 0.131. The van der Waals surface area contributed by atoms with E-state index in [0.29, 0.717) is 17.1 Å². The van der Waals surface area contributed by atoms with Gasteiger partial charge in [-0.15, -0.1) is 0 Å². The largest absolute Gasteiger partial charge is 0.493 e. The molecule has 0 radical (unpaired) electrons. The molecule has 0 spiro atoms. The lowest BCUT2D eigenvalue weighted by molar-refractivity contribution is 0.0951. The zero-order valence-corrected chi connectivity index (χ0v) is 20.9. The lowest BCUT2D eigenvalue weighted by atomic mass is 10.2. The normalized spacial score (nSPS) is 14.3. The van der Waals surface area contributed by atoms with Gasteiger partial charge in [0, 0.05) is 61.6 Å². The molecule has 1 aliphatic rings. The summed E-state index contributed by atoms with van der Waals surface area (Å²) in [4.78, 5) is 22.0. The van der Waals surface area contributed by atoms with Crippen molar-refractivity contribution >= 4 is 23.3 Å². The SMILES string of the molecule is COc1ccc(CN2CCCN(c3ncccc3CNC(=O)c3ccc(Cl)cc3)CC2)cc1OC. The van der Waals surface area contributed by atoms with Gasteiger partial charge in [0.15, 0.2) is 11.5 Å². The van der Waals surface area contributed by atoms with E-state index in [1.807, 2.05) is 30.5 Å². The average molecular weight is 495 g/mol. The molecule has 0 atom stereocenters. The molecule has 1 saturated heterocycles. The Balaban J connectivity index is 1.38. The summed E-state index contributed by atoms with van der Waals surface area (Å²) < 4.78 is 10.8. The van der Waals surface area contributed by atoms with Crippen molar-refractivity contribution in [3.63, 3.8) is 0 Å². The standard InChI is InChI=1S/C27H31ClN4O3/c1-34-24-11-6-20(17-25(24)35-2)19-31-13-4-14-32(16-15-31)26-22(5-3-12-29-26)18-30-27(33)21-7-9-23(28)10-8-21/h3,5-12,17H,4,13-16,18-19H2,1-2H3,(H,30,33). The Morgan fingerprint density at radius 3 is 2.57 bits per heavy atom. The van der Waals surface area contributed by atoms with Gasteiger partial charge in [0.05, 0.1) is 14.2 Å². The van der Waals surface area contributed by atoms with E-state index in [1.165, 1.54) is 5.56 Å². The van der Waals surface area contributed by atoms with Crippen LogP contribution in [0.3, 0.4) is 0 Å². The number of carbonyl (C=O) groups excluding carboxylic acids is 1. The summed E-state index contributed by atoms with van der Waals surface area (Å²) in [6.45, 7) is 4.96. The van der Waals surface area contributed by atoms with Gasteiger partial charge in [-0.1, -0.05) is 23.7 Å². The van der Waals surface area contributed by atoms with Gasteiger partial charge in [-0.05, 0) is 54.4 Å². The zero-order chi connectivity index (χ0) is 24.6. The van der Waals surface area contributed by atoms with E-state index in [9.17, 15) is 4.79 Å². The van der Waals surface area contributed by atoms with Crippen molar-refractivity contribution in [2.24, 2.45) is 0 Å². The van der Waals surface area contributed by atoms with Crippen molar-refractivity contribution in [3.05, 3.63) is 82.5 Å². The van der Waals surface area contributed by atoms with Crippen LogP contribution in [0, 0.1) is 0 Å². The summed E-state index contributed by atoms with van der Waals surface area (Å²) in [7, 11) is 3.31. The zero-order valence-electron chi connectivity index (χ0n) is 20.2. The third-order valence-corrected chi connectivity index (χ3v) is 6.41. The number of aromatic nitrogens is 1. The van der Waals surface area contributed by atoms with Crippen LogP contribution in [0.25, 0.3) is 0 Å². The molecule has 0 bridgehead atoms. The highest BCUT2D eigenvalue weighted by molar-refractivity contribution is 6.30. The van der Waals surface area contributed by atoms with Crippen molar-refractivity contribution in [2.75, 3.05) is 45.3 Å². The van der Waals surface area contributed by atoms with Gasteiger partial charge < -0.3 is 19.7 Å². The van der Waals surface area contributed by atoms with E-state index in [4.69, 9.17) is 21.1 Å². The molecular formula is C27H31ClN4O3. The predicted octanol–water partition coefficient (Wildman–Crippen LogP) is 4.39. The van der Waals surface area contributed by atoms with Gasteiger partial charge in [0.2, 0.25) is 0 Å². The smallest absolute Gasteiger partial charge is 0.251 e. The number of pyridine rings is 1. The minimum atomic E-state index is -0.131. The number of nitrogens with zero attached hydrogens (tertiary/aromatic N) is 3. The van der Waals surface area contributed by atoms with Crippen LogP contribution in [-0.2, 0) is 13.1 Å². The fourth-order valence-electron chi connectivity index (χ4n) is 4.31. The summed E-state index contributed by atoms with van der Waals surface area (Å²) in [5.74, 6) is 2.29. The van der Waals surface area contributed by atoms with Gasteiger partial charge in [-0.2, -0.15) is 0 Å². The number of carbonyl (C=O) groups is 1. The van der Waals surface area contributed by atoms with Crippen molar-refractivity contribution in [2.45, 2.75) is 19.5 Å². The molecule has 1 aromatic heterocycles. The van der Waals surface area contributed by atoms with Gasteiger partial charge in [-0.3, -0.25) is 9.69 Å². The summed E-state index contributed by atoms with van der Waals surface area (Å²) in [5, 5.41) is 3.62. The number of ether oxygens (including phenoxy) is 2. The van der Waals surface area contributed by atoms with E-state index < -0.39 is 0 Å². The molecule has 2 aromatic carbocycles. The molecule has 0 unspecified atom stereocenters. The van der Waals surface area contributed by atoms with Crippen LogP contribution >= 0.6 is 11.6 Å². The lowest BCUT2D eigenvalue weighted by Gasteiger charge is -2.25. The number of amides is 1. The Hall–Kier alpha value is -3.29. The first-order valence-corrected chi connectivity index (χ1v) is 12.1. The maximum Gasteiger partial charge on any atom is 0.251 e. The number of hydrogen-bond acceptors (Lipinski definition) is 6. The molecule has 8 heteroatoms. The second-order valence-electron chi connectivity index (χ2n) is 8.48. The monoisotopic (exact) mass is 494 g/mol. The number of methoxy groups -OCH3 is 2. The van der Waals surface area contributed by atoms with Gasteiger partial charge in [0.1, 0.15) is 5.82 Å². The van der Waals surface area contributed by atoms with Crippen molar-refractivity contribution in [3.8, 4) is 11.5 Å². The van der Waals surface area contributed by atoms with Crippen molar-refractivity contribution in [1.29, 1.82) is 0 Å². The summed E-state index contributed by atoms with van der Waals surface area (Å²) in [6, 6.07) is 16.9. The highest BCUT2D eigenvalue weighted by atomic mass is 35.5. The van der Waals surface area contributed by atoms with Gasteiger partial charge in [-0.25, -0.2) is 4.98 Å². The first-order valence-electron chi connectivity index (χ1n) is 11.7. The Morgan fingerprint density at radius 2 is 1.80 bits per heavy atom. The fourth-order valence-corrected chi connectivity index (χ4v) is 4.44. The number of hydrogen-bond donors (Lipinski definition) is 1. The summed E-state index contributed by atoms with van der Waals surface area (Å²) in [6.07, 6.45) is 2.84. The Labute approximate surface area is 211 Å². The molecule has 35 heavy (non-hydrogen) atoms. The van der Waals surface area contributed by atoms with Crippen LogP contribution in [0.15, 0.2) is 60.8 Å². The molecule has 0 aliphatic carbocycles. The Morgan fingerprint density at radius 1 is 1.00 bits per heavy atom. The molecule has 0 saturated carbocycles. The number of benzene rings is 2. The van der Waals surface area contributed by atoms with Crippen LogP contribution in [0.4, 0.5) is 5.82 Å². The summed E-state index contributed by atoms with van der Waals surface area (Å²) >= 11 is 5.93. The van der Waals surface area contributed by atoms with Gasteiger partial charge >= 0.3 is 0 Å². The van der Waals surface area contributed by atoms with Gasteiger partial charge in [0.25, 0.3) is 5.91 Å². The second kappa shape index (κ2) is 11.9. The minimum Gasteiger partial charge on any atom is -0.493 e. The molecule has 1 N–H and O–H groups in total. The molecule has 7 nitrogen and oxygen atoms in total. The maximum absolute atomic E-state index is 12.6. The molecule has 4 rings (SSSR count). The second-order valence-corrected chi connectivity index (χ2v) is 8.92. The molecule has 2 heterocycles. The molecular weight excluding hydrogens is 464 g/mol. The topological polar surface area (TPSA) is 66.9 Å². The van der Waals surface area contributed by atoms with Crippen molar-refractivity contribution < 1.29 is 14.3 Å². The van der Waals surface area contributed by atoms with Crippen LogP contribution in [0.1, 0.15) is 27.9 Å². The lowest BCUT2D eigenvalue weighted by Crippen LogP contribution is -2.32. The van der Waals surface area contributed by atoms with Crippen LogP contribution in [0.5, 0.6) is 11.5 Å². The highest BCUT2D eigenvalue weighted by Crippen LogP contribution is 2.28. The molecule has 3 aromatic rings. The van der Waals surface area contributed by atoms with Crippen LogP contribution < -0.4 is 19.7 Å². The van der Waals surface area contributed by atoms with E-state index in [0.717, 1.165) is 62.0 Å². The van der Waals surface area contributed by atoms with E-state index >= 15 is 0 Å². The average Bonchev–Trinajstić information content (AvgIpc) is 3.13. The first-order chi connectivity index (χ1) is 17.1. The fraction of sp³-hybridized carbons (Fsp3) is 0.333. The van der Waals surface area contributed by atoms with Crippen LogP contribution in [-0.4, -0.2) is 56.2 Å². The Kier molecular flexibility index (Phi) is 8.45. The quantitative estimate of drug-likeness (QED) is 0.501. The van der Waals surface area contributed by atoms with Crippen LogP contribution in [0.2, 0.25) is 5.02 Å². The highest BCUT2D eigenvalue weighted by Gasteiger charge is 2.19. The third-order valence-electron chi connectivity index (χ3n) is 6.16. The van der Waals surface area contributed by atoms with E-state index in [2.05, 4.69) is 26.2 Å². The molecule has 184 valence electrons. The maximum atomic E-state index is 12.6.